The third kappa shape index (κ3) is 6.53. The Kier molecular flexibility index (Phi) is 8.16. The summed E-state index contributed by atoms with van der Waals surface area (Å²) in [4.78, 5) is 18.3. The maximum Gasteiger partial charge on any atom is 0.237 e. The molecule has 174 valence electrons. The number of nitrogens with zero attached hydrogens (tertiary/aromatic N) is 5. The van der Waals surface area contributed by atoms with Crippen molar-refractivity contribution in [1.29, 1.82) is 0 Å². The molecule has 0 spiro atoms. The summed E-state index contributed by atoms with van der Waals surface area (Å²) in [5, 5.41) is 3.60. The number of aromatic nitrogens is 3. The number of anilines is 2. The molecule has 1 saturated carbocycles. The third-order valence-corrected chi connectivity index (χ3v) is 6.95. The van der Waals surface area contributed by atoms with E-state index in [1.165, 1.54) is 31.2 Å². The molecule has 2 aliphatic rings. The average Bonchev–Trinajstić information content (AvgIpc) is 2.82. The number of ether oxygens (including phenoxy) is 1. The Morgan fingerprint density at radius 2 is 1.78 bits per heavy atom. The summed E-state index contributed by atoms with van der Waals surface area (Å²) < 4.78 is 5.96. The smallest absolute Gasteiger partial charge is 0.237 e. The van der Waals surface area contributed by atoms with Crippen LogP contribution in [-0.4, -0.2) is 64.1 Å². The zero-order valence-electron chi connectivity index (χ0n) is 19.3. The molecule has 1 saturated heterocycles. The van der Waals surface area contributed by atoms with Crippen LogP contribution in [0.2, 0.25) is 5.02 Å². The molecule has 0 aromatic carbocycles. The van der Waals surface area contributed by atoms with Gasteiger partial charge in [0, 0.05) is 38.9 Å². The highest BCUT2D eigenvalue weighted by Gasteiger charge is 2.20. The van der Waals surface area contributed by atoms with Crippen LogP contribution in [0.3, 0.4) is 0 Å². The maximum atomic E-state index is 6.27. The van der Waals surface area contributed by atoms with Crippen molar-refractivity contribution in [3.05, 3.63) is 35.1 Å². The Bertz CT molecular complexity index is 848. The molecule has 4 rings (SSSR count). The number of halogens is 1. The summed E-state index contributed by atoms with van der Waals surface area (Å²) in [6, 6.07) is 4.08. The number of hydrogen-bond donors (Lipinski definition) is 1. The highest BCUT2D eigenvalue weighted by molar-refractivity contribution is 6.31. The maximum absolute atomic E-state index is 6.27. The second kappa shape index (κ2) is 11.3. The van der Waals surface area contributed by atoms with Gasteiger partial charge in [-0.15, -0.1) is 0 Å². The minimum atomic E-state index is 0.436. The summed E-state index contributed by atoms with van der Waals surface area (Å²) in [5.41, 5.74) is 1.21. The molecule has 2 aromatic heterocycles. The van der Waals surface area contributed by atoms with Gasteiger partial charge >= 0.3 is 0 Å². The number of hydrogen-bond acceptors (Lipinski definition) is 7. The van der Waals surface area contributed by atoms with E-state index in [0.717, 1.165) is 45.2 Å². The molecule has 32 heavy (non-hydrogen) atoms. The van der Waals surface area contributed by atoms with E-state index in [4.69, 9.17) is 16.3 Å². The number of pyridine rings is 1. The van der Waals surface area contributed by atoms with Crippen molar-refractivity contribution >= 4 is 23.4 Å². The number of rotatable bonds is 8. The number of nitrogens with one attached hydrogen (secondary N) is 1. The lowest BCUT2D eigenvalue weighted by Gasteiger charge is -2.33. The van der Waals surface area contributed by atoms with E-state index in [0.29, 0.717) is 35.2 Å². The molecule has 0 amide bonds. The van der Waals surface area contributed by atoms with Crippen molar-refractivity contribution in [2.24, 2.45) is 11.8 Å². The quantitative estimate of drug-likeness (QED) is 0.619. The molecule has 1 N–H and O–H groups in total. The Morgan fingerprint density at radius 1 is 1.03 bits per heavy atom. The largest absolute Gasteiger partial charge is 0.476 e. The predicted molar refractivity (Wildman–Crippen MR) is 129 cm³/mol. The second-order valence-electron chi connectivity index (χ2n) is 9.17. The van der Waals surface area contributed by atoms with Gasteiger partial charge in [-0.2, -0.15) is 4.98 Å². The number of piperazine rings is 1. The topological polar surface area (TPSA) is 66.4 Å². The van der Waals surface area contributed by atoms with Gasteiger partial charge < -0.3 is 15.0 Å². The van der Waals surface area contributed by atoms with Gasteiger partial charge in [-0.05, 0) is 42.9 Å². The fourth-order valence-electron chi connectivity index (χ4n) is 4.43. The Labute approximate surface area is 196 Å². The summed E-state index contributed by atoms with van der Waals surface area (Å²) >= 11 is 6.27. The molecule has 3 heterocycles. The first-order valence-electron chi connectivity index (χ1n) is 11.9. The summed E-state index contributed by atoms with van der Waals surface area (Å²) in [6.07, 6.45) is 8.47. The lowest BCUT2D eigenvalue weighted by atomic mass is 9.83. The van der Waals surface area contributed by atoms with Crippen molar-refractivity contribution in [2.75, 3.05) is 44.6 Å². The molecule has 0 atom stereocenters. The molecule has 8 heteroatoms. The van der Waals surface area contributed by atoms with Crippen LogP contribution in [0, 0.1) is 11.8 Å². The van der Waals surface area contributed by atoms with Gasteiger partial charge in [0.05, 0.1) is 12.8 Å². The van der Waals surface area contributed by atoms with Crippen molar-refractivity contribution in [1.82, 2.24) is 24.8 Å². The Balaban J connectivity index is 1.29. The van der Waals surface area contributed by atoms with Gasteiger partial charge in [0.1, 0.15) is 10.8 Å². The van der Waals surface area contributed by atoms with E-state index < -0.39 is 0 Å². The summed E-state index contributed by atoms with van der Waals surface area (Å²) in [6.45, 7) is 11.8. The molecule has 0 unspecified atom stereocenters. The van der Waals surface area contributed by atoms with Gasteiger partial charge in [0.25, 0.3) is 0 Å². The minimum Gasteiger partial charge on any atom is -0.476 e. The van der Waals surface area contributed by atoms with Gasteiger partial charge in [-0.3, -0.25) is 4.90 Å². The highest BCUT2D eigenvalue weighted by Crippen LogP contribution is 2.30. The van der Waals surface area contributed by atoms with Crippen molar-refractivity contribution in [2.45, 2.75) is 46.1 Å². The number of likely N-dealkylation sites (N-methyl/N-ethyl adjacent to an activating group) is 1. The Morgan fingerprint density at radius 3 is 2.47 bits per heavy atom. The van der Waals surface area contributed by atoms with E-state index in [2.05, 4.69) is 50.0 Å². The SMILES string of the molecule is CCN1CCN(Cc2ccc(Nc3ncc(Cl)c(OCC4CCC(C)CC4)n3)nc2)CC1. The zero-order chi connectivity index (χ0) is 22.3. The highest BCUT2D eigenvalue weighted by atomic mass is 35.5. The monoisotopic (exact) mass is 458 g/mol. The summed E-state index contributed by atoms with van der Waals surface area (Å²) in [7, 11) is 0. The molecule has 1 aliphatic carbocycles. The van der Waals surface area contributed by atoms with Crippen LogP contribution < -0.4 is 10.1 Å². The Hall–Kier alpha value is -1.96. The molecular formula is C24H35ClN6O. The first kappa shape index (κ1) is 23.2. The van der Waals surface area contributed by atoms with Crippen LogP contribution in [-0.2, 0) is 6.54 Å². The zero-order valence-corrected chi connectivity index (χ0v) is 20.0. The van der Waals surface area contributed by atoms with E-state index >= 15 is 0 Å². The van der Waals surface area contributed by atoms with Gasteiger partial charge in [0.15, 0.2) is 0 Å². The van der Waals surface area contributed by atoms with E-state index in [1.54, 1.807) is 6.20 Å². The second-order valence-corrected chi connectivity index (χ2v) is 9.58. The van der Waals surface area contributed by atoms with Crippen LogP contribution in [0.1, 0.15) is 45.1 Å². The molecular weight excluding hydrogens is 424 g/mol. The van der Waals surface area contributed by atoms with E-state index in [1.807, 2.05) is 12.3 Å². The molecule has 0 radical (unpaired) electrons. The van der Waals surface area contributed by atoms with Crippen LogP contribution in [0.5, 0.6) is 5.88 Å². The third-order valence-electron chi connectivity index (χ3n) is 6.69. The lowest BCUT2D eigenvalue weighted by Crippen LogP contribution is -2.45. The fraction of sp³-hybridized carbons (Fsp3) is 0.625. The van der Waals surface area contributed by atoms with Crippen molar-refractivity contribution < 1.29 is 4.74 Å². The van der Waals surface area contributed by atoms with Crippen LogP contribution in [0.25, 0.3) is 0 Å². The first-order valence-corrected chi connectivity index (χ1v) is 12.3. The summed E-state index contributed by atoms with van der Waals surface area (Å²) in [5.74, 6) is 2.99. The molecule has 2 fully saturated rings. The first-order chi connectivity index (χ1) is 15.6. The standard InChI is InChI=1S/C24H35ClN6O/c1-3-30-10-12-31(13-11-30)16-20-8-9-22(26-14-20)28-24-27-15-21(25)23(29-24)32-17-19-6-4-18(2)5-7-19/h8-9,14-15,18-19H,3-7,10-13,16-17H2,1-2H3,(H,26,27,28,29). The normalized spacial score (nSPS) is 22.6. The fourth-order valence-corrected chi connectivity index (χ4v) is 4.58. The van der Waals surface area contributed by atoms with E-state index in [9.17, 15) is 0 Å². The molecule has 7 nitrogen and oxygen atoms in total. The van der Waals surface area contributed by atoms with Gasteiger partial charge in [0.2, 0.25) is 11.8 Å². The van der Waals surface area contributed by atoms with Crippen LogP contribution in [0.15, 0.2) is 24.5 Å². The molecule has 2 aromatic rings. The lowest BCUT2D eigenvalue weighted by molar-refractivity contribution is 0.132. The predicted octanol–water partition coefficient (Wildman–Crippen LogP) is 4.61. The molecule has 1 aliphatic heterocycles. The average molecular weight is 459 g/mol. The van der Waals surface area contributed by atoms with Crippen molar-refractivity contribution in [3.8, 4) is 5.88 Å². The van der Waals surface area contributed by atoms with Crippen LogP contribution in [0.4, 0.5) is 11.8 Å². The van der Waals surface area contributed by atoms with E-state index in [-0.39, 0.29) is 0 Å². The molecule has 0 bridgehead atoms. The minimum absolute atomic E-state index is 0.436. The van der Waals surface area contributed by atoms with Crippen molar-refractivity contribution in [3.63, 3.8) is 0 Å². The van der Waals surface area contributed by atoms with Gasteiger partial charge in [-0.25, -0.2) is 9.97 Å². The van der Waals surface area contributed by atoms with Gasteiger partial charge in [-0.1, -0.05) is 44.4 Å². The van der Waals surface area contributed by atoms with Crippen LogP contribution >= 0.6 is 11.6 Å².